The summed E-state index contributed by atoms with van der Waals surface area (Å²) in [4.78, 5) is 46.9. The Balaban J connectivity index is 1.70. The van der Waals surface area contributed by atoms with Crippen LogP contribution in [-0.2, 0) is 0 Å². The lowest BCUT2D eigenvalue weighted by molar-refractivity contribution is 0.0735. The molecule has 1 atom stereocenters. The maximum absolute atomic E-state index is 13.1. The van der Waals surface area contributed by atoms with Crippen LogP contribution in [0.4, 0.5) is 0 Å². The van der Waals surface area contributed by atoms with Crippen LogP contribution in [0.5, 0.6) is 5.75 Å². The van der Waals surface area contributed by atoms with E-state index in [1.54, 1.807) is 12.0 Å². The number of pyridine rings is 1. The molecule has 1 amide bonds. The third-order valence-electron chi connectivity index (χ3n) is 4.83. The molecular weight excluding hydrogens is 348 g/mol. The maximum Gasteiger partial charge on any atom is 0.327 e. The van der Waals surface area contributed by atoms with Crippen LogP contribution < -0.4 is 16.0 Å². The summed E-state index contributed by atoms with van der Waals surface area (Å²) in [6.45, 7) is 0.626. The van der Waals surface area contributed by atoms with Crippen molar-refractivity contribution >= 4 is 16.9 Å². The number of likely N-dealkylation sites (tertiary alicyclic amines) is 1. The number of nitrogens with zero attached hydrogens (tertiary/aromatic N) is 2. The minimum atomic E-state index is -0.628. The number of nitrogens with one attached hydrogen (secondary N) is 2. The summed E-state index contributed by atoms with van der Waals surface area (Å²) in [6, 6.07) is 9.10. The molecule has 0 bridgehead atoms. The van der Waals surface area contributed by atoms with E-state index in [0.717, 1.165) is 24.2 Å². The lowest BCUT2D eigenvalue weighted by Crippen LogP contribution is -2.31. The summed E-state index contributed by atoms with van der Waals surface area (Å²) in [6.07, 6.45) is 3.14. The van der Waals surface area contributed by atoms with Gasteiger partial charge in [0.15, 0.2) is 0 Å². The van der Waals surface area contributed by atoms with E-state index in [9.17, 15) is 14.4 Å². The second kappa shape index (κ2) is 6.71. The van der Waals surface area contributed by atoms with Crippen LogP contribution in [0.2, 0.25) is 0 Å². The number of aromatic amines is 2. The van der Waals surface area contributed by atoms with Crippen molar-refractivity contribution in [3.05, 3.63) is 68.5 Å². The van der Waals surface area contributed by atoms with E-state index in [-0.39, 0.29) is 23.0 Å². The number of carbonyl (C=O) groups excluding carboxylic acids is 1. The topological polar surface area (TPSA) is 108 Å². The SMILES string of the molecule is COc1cccc(C2CCCN2C(=O)c2cnc3[nH]c(=O)[nH]c(=O)c3c2)c1. The van der Waals surface area contributed by atoms with Gasteiger partial charge in [-0.25, -0.2) is 9.78 Å². The minimum absolute atomic E-state index is 0.0582. The molecule has 1 aliphatic rings. The first-order valence-electron chi connectivity index (χ1n) is 8.64. The highest BCUT2D eigenvalue weighted by Gasteiger charge is 2.31. The summed E-state index contributed by atoms with van der Waals surface area (Å²) in [5.74, 6) is 0.551. The number of H-pyrrole nitrogens is 2. The van der Waals surface area contributed by atoms with Crippen molar-refractivity contribution in [2.24, 2.45) is 0 Å². The Morgan fingerprint density at radius 3 is 2.93 bits per heavy atom. The molecule has 1 aliphatic heterocycles. The number of aromatic nitrogens is 3. The monoisotopic (exact) mass is 366 g/mol. The standard InChI is InChI=1S/C19H18N4O4/c1-27-13-5-2-4-11(8-13)15-6-3-7-23(15)18(25)12-9-14-16(20-10-12)21-19(26)22-17(14)24/h2,4-5,8-10,15H,3,6-7H2,1H3,(H2,20,21,22,24,26). The average Bonchev–Trinajstić information content (AvgIpc) is 3.17. The predicted octanol–water partition coefficient (Wildman–Crippen LogP) is 1.60. The molecule has 0 radical (unpaired) electrons. The number of fused-ring (bicyclic) bond motifs is 1. The van der Waals surface area contributed by atoms with E-state index in [4.69, 9.17) is 4.74 Å². The van der Waals surface area contributed by atoms with Gasteiger partial charge in [0.05, 0.1) is 24.1 Å². The highest BCUT2D eigenvalue weighted by Crippen LogP contribution is 2.34. The summed E-state index contributed by atoms with van der Waals surface area (Å²) in [5.41, 5.74) is 0.287. The predicted molar refractivity (Wildman–Crippen MR) is 99.0 cm³/mol. The molecule has 3 heterocycles. The van der Waals surface area contributed by atoms with Crippen LogP contribution in [0.15, 0.2) is 46.1 Å². The fourth-order valence-corrected chi connectivity index (χ4v) is 3.53. The van der Waals surface area contributed by atoms with Gasteiger partial charge >= 0.3 is 5.69 Å². The molecule has 8 nitrogen and oxygen atoms in total. The van der Waals surface area contributed by atoms with E-state index in [2.05, 4.69) is 15.0 Å². The van der Waals surface area contributed by atoms with Gasteiger partial charge in [0, 0.05) is 12.7 Å². The van der Waals surface area contributed by atoms with Gasteiger partial charge in [-0.3, -0.25) is 19.6 Å². The van der Waals surface area contributed by atoms with Gasteiger partial charge in [-0.05, 0) is 36.6 Å². The van der Waals surface area contributed by atoms with Gasteiger partial charge in [-0.2, -0.15) is 0 Å². The summed E-state index contributed by atoms with van der Waals surface area (Å²) in [5, 5.41) is 0.178. The Morgan fingerprint density at radius 2 is 2.11 bits per heavy atom. The van der Waals surface area contributed by atoms with E-state index in [1.165, 1.54) is 12.3 Å². The van der Waals surface area contributed by atoms with Crippen molar-refractivity contribution in [1.29, 1.82) is 0 Å². The van der Waals surface area contributed by atoms with Gasteiger partial charge in [-0.1, -0.05) is 12.1 Å². The number of ether oxygens (including phenoxy) is 1. The molecule has 0 spiro atoms. The van der Waals surface area contributed by atoms with Crippen LogP contribution in [0, 0.1) is 0 Å². The molecule has 138 valence electrons. The number of hydrogen-bond donors (Lipinski definition) is 2. The van der Waals surface area contributed by atoms with Gasteiger partial charge in [-0.15, -0.1) is 0 Å². The summed E-state index contributed by atoms with van der Waals surface area (Å²) in [7, 11) is 1.61. The molecule has 0 aliphatic carbocycles. The zero-order valence-electron chi connectivity index (χ0n) is 14.7. The van der Waals surface area contributed by atoms with E-state index >= 15 is 0 Å². The normalized spacial score (nSPS) is 16.6. The molecule has 1 fully saturated rings. The molecule has 2 aromatic heterocycles. The number of hydrogen-bond acceptors (Lipinski definition) is 5. The lowest BCUT2D eigenvalue weighted by atomic mass is 10.0. The van der Waals surface area contributed by atoms with E-state index < -0.39 is 11.2 Å². The summed E-state index contributed by atoms with van der Waals surface area (Å²) >= 11 is 0. The quantitative estimate of drug-likeness (QED) is 0.732. The van der Waals surface area contributed by atoms with Gasteiger partial charge in [0.1, 0.15) is 11.4 Å². The van der Waals surface area contributed by atoms with Crippen LogP contribution in [0.25, 0.3) is 11.0 Å². The Labute approximate surface area is 153 Å². The zero-order valence-corrected chi connectivity index (χ0v) is 14.7. The lowest BCUT2D eigenvalue weighted by Gasteiger charge is -2.25. The highest BCUT2D eigenvalue weighted by molar-refractivity contribution is 5.97. The molecule has 1 aromatic carbocycles. The van der Waals surface area contributed by atoms with Crippen molar-refractivity contribution in [1.82, 2.24) is 19.9 Å². The molecule has 1 saturated heterocycles. The smallest absolute Gasteiger partial charge is 0.327 e. The maximum atomic E-state index is 13.1. The van der Waals surface area contributed by atoms with Crippen LogP contribution >= 0.6 is 0 Å². The second-order valence-corrected chi connectivity index (χ2v) is 6.46. The Hall–Kier alpha value is -3.42. The van der Waals surface area contributed by atoms with E-state index in [0.29, 0.717) is 12.1 Å². The first kappa shape index (κ1) is 17.0. The molecule has 4 rings (SSSR count). The number of benzene rings is 1. The number of rotatable bonds is 3. The van der Waals surface area contributed by atoms with Gasteiger partial charge in [0.25, 0.3) is 11.5 Å². The first-order valence-corrected chi connectivity index (χ1v) is 8.64. The third-order valence-corrected chi connectivity index (χ3v) is 4.83. The van der Waals surface area contributed by atoms with Crippen molar-refractivity contribution < 1.29 is 9.53 Å². The summed E-state index contributed by atoms with van der Waals surface area (Å²) < 4.78 is 5.29. The molecule has 0 saturated carbocycles. The highest BCUT2D eigenvalue weighted by atomic mass is 16.5. The second-order valence-electron chi connectivity index (χ2n) is 6.46. The number of methoxy groups -OCH3 is 1. The molecular formula is C19H18N4O4. The van der Waals surface area contributed by atoms with Crippen LogP contribution in [0.3, 0.4) is 0 Å². The minimum Gasteiger partial charge on any atom is -0.497 e. The number of carbonyl (C=O) groups is 1. The van der Waals surface area contributed by atoms with Crippen molar-refractivity contribution in [2.45, 2.75) is 18.9 Å². The van der Waals surface area contributed by atoms with Crippen LogP contribution in [-0.4, -0.2) is 39.4 Å². The Kier molecular flexibility index (Phi) is 4.23. The van der Waals surface area contributed by atoms with E-state index in [1.807, 2.05) is 24.3 Å². The molecule has 8 heteroatoms. The zero-order chi connectivity index (χ0) is 19.0. The first-order chi connectivity index (χ1) is 13.1. The third kappa shape index (κ3) is 3.10. The molecule has 27 heavy (non-hydrogen) atoms. The largest absolute Gasteiger partial charge is 0.497 e. The fourth-order valence-electron chi connectivity index (χ4n) is 3.53. The van der Waals surface area contributed by atoms with Crippen molar-refractivity contribution in [3.8, 4) is 5.75 Å². The van der Waals surface area contributed by atoms with Gasteiger partial charge < -0.3 is 9.64 Å². The molecule has 2 N–H and O–H groups in total. The molecule has 3 aromatic rings. The number of amides is 1. The van der Waals surface area contributed by atoms with Crippen molar-refractivity contribution in [3.63, 3.8) is 0 Å². The van der Waals surface area contributed by atoms with Crippen molar-refractivity contribution in [2.75, 3.05) is 13.7 Å². The fraction of sp³-hybridized carbons (Fsp3) is 0.263. The Morgan fingerprint density at radius 1 is 1.26 bits per heavy atom. The van der Waals surface area contributed by atoms with Crippen LogP contribution in [0.1, 0.15) is 34.8 Å². The average molecular weight is 366 g/mol. The molecule has 1 unspecified atom stereocenters. The Bertz CT molecular complexity index is 1130. The van der Waals surface area contributed by atoms with Gasteiger partial charge in [0.2, 0.25) is 0 Å².